The predicted octanol–water partition coefficient (Wildman–Crippen LogP) is 2.44. The number of aliphatic hydroxyl groups is 1. The van der Waals surface area contributed by atoms with Gasteiger partial charge in [0.05, 0.1) is 5.69 Å². The summed E-state index contributed by atoms with van der Waals surface area (Å²) in [6.07, 6.45) is 5.47. The Morgan fingerprint density at radius 3 is 2.77 bits per heavy atom. The van der Waals surface area contributed by atoms with Gasteiger partial charge in [-0.15, -0.1) is 0 Å². The zero-order valence-electron chi connectivity index (χ0n) is 12.6. The van der Waals surface area contributed by atoms with Crippen molar-refractivity contribution in [3.8, 4) is 0 Å². The Hall–Kier alpha value is -1.30. The van der Waals surface area contributed by atoms with Gasteiger partial charge in [0.1, 0.15) is 6.10 Å². The average molecular weight is 326 g/mol. The van der Waals surface area contributed by atoms with Crippen molar-refractivity contribution in [1.29, 1.82) is 0 Å². The Morgan fingerprint density at radius 2 is 2.09 bits per heavy atom. The lowest BCUT2D eigenvalue weighted by atomic mass is 9.84. The van der Waals surface area contributed by atoms with Crippen molar-refractivity contribution in [1.82, 2.24) is 5.43 Å². The van der Waals surface area contributed by atoms with Crippen molar-refractivity contribution in [2.24, 2.45) is 11.7 Å². The van der Waals surface area contributed by atoms with Crippen LogP contribution in [0.3, 0.4) is 0 Å². The molecule has 0 spiro atoms. The van der Waals surface area contributed by atoms with Gasteiger partial charge < -0.3 is 10.8 Å². The van der Waals surface area contributed by atoms with Crippen LogP contribution in [0.1, 0.15) is 38.5 Å². The molecule has 0 saturated heterocycles. The van der Waals surface area contributed by atoms with Crippen LogP contribution >= 0.6 is 11.6 Å². The SMILES string of the molecule is N[C@H](CC1CCCCC1)C(O)C(=O)NNc1cccc(Cl)c1. The normalized spacial score (nSPS) is 18.5. The number of carbonyl (C=O) groups excluding carboxylic acids is 1. The lowest BCUT2D eigenvalue weighted by Crippen LogP contribution is -2.48. The largest absolute Gasteiger partial charge is 0.382 e. The van der Waals surface area contributed by atoms with E-state index in [-0.39, 0.29) is 0 Å². The van der Waals surface area contributed by atoms with Crippen LogP contribution in [-0.4, -0.2) is 23.2 Å². The minimum Gasteiger partial charge on any atom is -0.382 e. The number of benzene rings is 1. The van der Waals surface area contributed by atoms with Gasteiger partial charge >= 0.3 is 0 Å². The van der Waals surface area contributed by atoms with E-state index in [0.717, 1.165) is 12.8 Å². The third kappa shape index (κ3) is 5.16. The summed E-state index contributed by atoms with van der Waals surface area (Å²) in [6, 6.07) is 6.41. The molecule has 0 aromatic heterocycles. The Bertz CT molecular complexity index is 492. The van der Waals surface area contributed by atoms with Gasteiger partial charge in [0, 0.05) is 11.1 Å². The van der Waals surface area contributed by atoms with Gasteiger partial charge in [-0.1, -0.05) is 49.8 Å². The van der Waals surface area contributed by atoms with Crippen LogP contribution in [0.2, 0.25) is 5.02 Å². The summed E-state index contributed by atoms with van der Waals surface area (Å²) in [6.45, 7) is 0. The van der Waals surface area contributed by atoms with Crippen LogP contribution in [0.25, 0.3) is 0 Å². The van der Waals surface area contributed by atoms with Crippen LogP contribution in [0, 0.1) is 5.92 Å². The maximum absolute atomic E-state index is 11.9. The van der Waals surface area contributed by atoms with E-state index in [2.05, 4.69) is 10.9 Å². The van der Waals surface area contributed by atoms with Gasteiger partial charge in [-0.2, -0.15) is 0 Å². The van der Waals surface area contributed by atoms with E-state index in [1.807, 2.05) is 0 Å². The number of hydrogen-bond acceptors (Lipinski definition) is 4. The van der Waals surface area contributed by atoms with E-state index in [9.17, 15) is 9.90 Å². The summed E-state index contributed by atoms with van der Waals surface area (Å²) >= 11 is 5.86. The lowest BCUT2D eigenvalue weighted by molar-refractivity contribution is -0.130. The Balaban J connectivity index is 1.77. The smallest absolute Gasteiger partial charge is 0.268 e. The second-order valence-electron chi connectivity index (χ2n) is 5.97. The van der Waals surface area contributed by atoms with Gasteiger partial charge in [-0.25, -0.2) is 0 Å². The Labute approximate surface area is 136 Å². The molecule has 1 aliphatic carbocycles. The monoisotopic (exact) mass is 325 g/mol. The molecule has 122 valence electrons. The van der Waals surface area contributed by atoms with E-state index in [0.29, 0.717) is 23.0 Å². The van der Waals surface area contributed by atoms with E-state index >= 15 is 0 Å². The molecule has 5 N–H and O–H groups in total. The molecule has 1 aromatic carbocycles. The summed E-state index contributed by atoms with van der Waals surface area (Å²) in [4.78, 5) is 11.9. The van der Waals surface area contributed by atoms with Crippen LogP contribution in [0.5, 0.6) is 0 Å². The minimum absolute atomic E-state index is 0.520. The van der Waals surface area contributed by atoms with Crippen LogP contribution in [0.4, 0.5) is 5.69 Å². The van der Waals surface area contributed by atoms with E-state index in [4.69, 9.17) is 17.3 Å². The number of aliphatic hydroxyl groups excluding tert-OH is 1. The van der Waals surface area contributed by atoms with Gasteiger partial charge in [0.15, 0.2) is 0 Å². The number of nitrogens with two attached hydrogens (primary N) is 1. The number of carbonyl (C=O) groups is 1. The number of anilines is 1. The van der Waals surface area contributed by atoms with Crippen molar-refractivity contribution in [3.05, 3.63) is 29.3 Å². The molecule has 2 rings (SSSR count). The van der Waals surface area contributed by atoms with Crippen molar-refractivity contribution in [2.45, 2.75) is 50.7 Å². The van der Waals surface area contributed by atoms with E-state index in [1.165, 1.54) is 19.3 Å². The van der Waals surface area contributed by atoms with Crippen molar-refractivity contribution in [3.63, 3.8) is 0 Å². The van der Waals surface area contributed by atoms with Crippen molar-refractivity contribution < 1.29 is 9.90 Å². The van der Waals surface area contributed by atoms with Gasteiger partial charge in [0.25, 0.3) is 5.91 Å². The second-order valence-corrected chi connectivity index (χ2v) is 6.41. The van der Waals surface area contributed by atoms with Gasteiger partial charge in [-0.05, 0) is 30.5 Å². The van der Waals surface area contributed by atoms with Crippen LogP contribution in [0.15, 0.2) is 24.3 Å². The second kappa shape index (κ2) is 8.36. The molecule has 0 aliphatic heterocycles. The third-order valence-corrected chi connectivity index (χ3v) is 4.39. The number of halogens is 1. The molecule has 1 aliphatic rings. The maximum Gasteiger partial charge on any atom is 0.268 e. The predicted molar refractivity (Wildman–Crippen MR) is 88.4 cm³/mol. The lowest BCUT2D eigenvalue weighted by Gasteiger charge is -2.26. The third-order valence-electron chi connectivity index (χ3n) is 4.16. The summed E-state index contributed by atoms with van der Waals surface area (Å²) < 4.78 is 0. The highest BCUT2D eigenvalue weighted by molar-refractivity contribution is 6.30. The minimum atomic E-state index is -1.21. The molecule has 1 saturated carbocycles. The molecular formula is C16H24ClN3O2. The molecule has 1 unspecified atom stereocenters. The molecular weight excluding hydrogens is 302 g/mol. The first kappa shape index (κ1) is 17.1. The highest BCUT2D eigenvalue weighted by atomic mass is 35.5. The molecule has 0 heterocycles. The standard InChI is InChI=1S/C16H24ClN3O2/c17-12-7-4-8-13(10-12)19-20-16(22)15(21)14(18)9-11-5-2-1-3-6-11/h4,7-8,10-11,14-15,19,21H,1-3,5-6,9,18H2,(H,20,22)/t14-,15?/m1/s1. The summed E-state index contributed by atoms with van der Waals surface area (Å²) in [5.41, 5.74) is 11.8. The topological polar surface area (TPSA) is 87.4 Å². The maximum atomic E-state index is 11.9. The first-order valence-electron chi connectivity index (χ1n) is 7.81. The highest BCUT2D eigenvalue weighted by Gasteiger charge is 2.26. The summed E-state index contributed by atoms with van der Waals surface area (Å²) in [5, 5.41) is 10.6. The molecule has 5 nitrogen and oxygen atoms in total. The van der Waals surface area contributed by atoms with Crippen molar-refractivity contribution >= 4 is 23.2 Å². The summed E-state index contributed by atoms with van der Waals surface area (Å²) in [5.74, 6) is -0.00428. The fourth-order valence-corrected chi connectivity index (χ4v) is 3.10. The first-order chi connectivity index (χ1) is 10.6. The molecule has 0 radical (unpaired) electrons. The van der Waals surface area contributed by atoms with Crippen molar-refractivity contribution in [2.75, 3.05) is 5.43 Å². The number of hydrogen-bond donors (Lipinski definition) is 4. The quantitative estimate of drug-likeness (QED) is 0.605. The highest BCUT2D eigenvalue weighted by Crippen LogP contribution is 2.27. The summed E-state index contributed by atoms with van der Waals surface area (Å²) in [7, 11) is 0. The molecule has 1 amide bonds. The molecule has 1 aromatic rings. The number of amides is 1. The number of hydrazine groups is 1. The zero-order chi connectivity index (χ0) is 15.9. The molecule has 1 fully saturated rings. The van der Waals surface area contributed by atoms with E-state index < -0.39 is 18.1 Å². The first-order valence-corrected chi connectivity index (χ1v) is 8.19. The molecule has 6 heteroatoms. The molecule has 2 atom stereocenters. The van der Waals surface area contributed by atoms with Gasteiger partial charge in [-0.3, -0.25) is 15.6 Å². The van der Waals surface area contributed by atoms with Crippen LogP contribution < -0.4 is 16.6 Å². The number of rotatable bonds is 6. The Kier molecular flexibility index (Phi) is 6.49. The Morgan fingerprint density at radius 1 is 1.36 bits per heavy atom. The average Bonchev–Trinajstić information content (AvgIpc) is 2.53. The van der Waals surface area contributed by atoms with Gasteiger partial charge in [0.2, 0.25) is 0 Å². The number of nitrogens with one attached hydrogen (secondary N) is 2. The molecule has 22 heavy (non-hydrogen) atoms. The fraction of sp³-hybridized carbons (Fsp3) is 0.562. The molecule has 0 bridgehead atoms. The fourth-order valence-electron chi connectivity index (χ4n) is 2.91. The van der Waals surface area contributed by atoms with Crippen LogP contribution in [-0.2, 0) is 4.79 Å². The van der Waals surface area contributed by atoms with E-state index in [1.54, 1.807) is 24.3 Å². The zero-order valence-corrected chi connectivity index (χ0v) is 13.4.